The molecule has 5 nitrogen and oxygen atoms in total. The third-order valence-electron chi connectivity index (χ3n) is 4.82. The van der Waals surface area contributed by atoms with Crippen LogP contribution >= 0.6 is 23.2 Å². The fraction of sp³-hybridized carbons (Fsp3) is 0.417. The summed E-state index contributed by atoms with van der Waals surface area (Å²) < 4.78 is 5.69. The normalized spacial score (nSPS) is 11.6. The molecule has 1 unspecified atom stereocenters. The molecule has 0 aliphatic rings. The molecule has 1 atom stereocenters. The van der Waals surface area contributed by atoms with Crippen LogP contribution in [0.25, 0.3) is 0 Å². The first-order valence-electron chi connectivity index (χ1n) is 10.6. The van der Waals surface area contributed by atoms with Crippen molar-refractivity contribution >= 4 is 35.0 Å². The largest absolute Gasteiger partial charge is 0.494 e. The highest BCUT2D eigenvalue weighted by Crippen LogP contribution is 2.18. The van der Waals surface area contributed by atoms with Crippen molar-refractivity contribution in [1.82, 2.24) is 10.2 Å². The number of carbonyl (C=O) groups is 2. The van der Waals surface area contributed by atoms with Crippen LogP contribution in [-0.2, 0) is 16.1 Å². The summed E-state index contributed by atoms with van der Waals surface area (Å²) in [4.78, 5) is 27.5. The van der Waals surface area contributed by atoms with Crippen LogP contribution in [0.3, 0.4) is 0 Å². The van der Waals surface area contributed by atoms with Crippen LogP contribution in [-0.4, -0.2) is 35.9 Å². The highest BCUT2D eigenvalue weighted by Gasteiger charge is 2.28. The topological polar surface area (TPSA) is 58.6 Å². The predicted octanol–water partition coefficient (Wildman–Crippen LogP) is 5.49. The molecule has 2 aromatic carbocycles. The fourth-order valence-electron chi connectivity index (χ4n) is 3.16. The highest BCUT2D eigenvalue weighted by molar-refractivity contribution is 6.30. The average Bonchev–Trinajstić information content (AvgIpc) is 2.77. The summed E-state index contributed by atoms with van der Waals surface area (Å²) in [6, 6.07) is 13.9. The van der Waals surface area contributed by atoms with Crippen LogP contribution in [0.2, 0.25) is 10.0 Å². The SMILES string of the molecule is CCCNC(=O)C(CC)N(Cc1ccc(Cl)cc1)C(=O)CCCOc1ccc(Cl)cc1. The maximum atomic E-state index is 13.1. The Morgan fingerprint density at radius 1 is 1.00 bits per heavy atom. The molecule has 0 heterocycles. The standard InChI is InChI=1S/C24H30Cl2N2O3/c1-3-15-27-24(30)22(4-2)28(17-18-7-9-19(25)10-8-18)23(29)6-5-16-31-21-13-11-20(26)12-14-21/h7-14,22H,3-6,15-17H2,1-2H3,(H,27,30). The molecule has 2 rings (SSSR count). The highest BCUT2D eigenvalue weighted by atomic mass is 35.5. The van der Waals surface area contributed by atoms with E-state index in [4.69, 9.17) is 27.9 Å². The second-order valence-electron chi connectivity index (χ2n) is 7.27. The first-order valence-corrected chi connectivity index (χ1v) is 11.4. The molecule has 0 saturated heterocycles. The van der Waals surface area contributed by atoms with Crippen molar-refractivity contribution in [3.63, 3.8) is 0 Å². The van der Waals surface area contributed by atoms with Gasteiger partial charge in [-0.1, -0.05) is 49.2 Å². The second-order valence-corrected chi connectivity index (χ2v) is 8.14. The lowest BCUT2D eigenvalue weighted by atomic mass is 10.1. The van der Waals surface area contributed by atoms with Crippen molar-refractivity contribution in [3.05, 3.63) is 64.1 Å². The Labute approximate surface area is 194 Å². The Bertz CT molecular complexity index is 826. The number of hydrogen-bond donors (Lipinski definition) is 1. The van der Waals surface area contributed by atoms with E-state index in [9.17, 15) is 9.59 Å². The summed E-state index contributed by atoms with van der Waals surface area (Å²) in [5.41, 5.74) is 0.928. The number of amides is 2. The van der Waals surface area contributed by atoms with E-state index in [1.54, 1.807) is 41.3 Å². The maximum absolute atomic E-state index is 13.1. The van der Waals surface area contributed by atoms with Crippen molar-refractivity contribution in [1.29, 1.82) is 0 Å². The van der Waals surface area contributed by atoms with Gasteiger partial charge in [-0.2, -0.15) is 0 Å². The Morgan fingerprint density at radius 3 is 2.19 bits per heavy atom. The molecule has 7 heteroatoms. The van der Waals surface area contributed by atoms with Gasteiger partial charge in [-0.15, -0.1) is 0 Å². The number of nitrogens with zero attached hydrogens (tertiary/aromatic N) is 1. The lowest BCUT2D eigenvalue weighted by Gasteiger charge is -2.30. The van der Waals surface area contributed by atoms with E-state index in [1.807, 2.05) is 26.0 Å². The van der Waals surface area contributed by atoms with Gasteiger partial charge in [0.15, 0.2) is 0 Å². The number of halogens is 2. The van der Waals surface area contributed by atoms with Gasteiger partial charge in [0.1, 0.15) is 11.8 Å². The van der Waals surface area contributed by atoms with Crippen LogP contribution in [0.1, 0.15) is 45.1 Å². The summed E-state index contributed by atoms with van der Waals surface area (Å²) in [6.07, 6.45) is 2.22. The molecular weight excluding hydrogens is 435 g/mol. The van der Waals surface area contributed by atoms with E-state index in [2.05, 4.69) is 5.32 Å². The predicted molar refractivity (Wildman–Crippen MR) is 126 cm³/mol. The number of carbonyl (C=O) groups excluding carboxylic acids is 2. The smallest absolute Gasteiger partial charge is 0.242 e. The molecule has 2 amide bonds. The lowest BCUT2D eigenvalue weighted by Crippen LogP contribution is -2.49. The minimum atomic E-state index is -0.521. The van der Waals surface area contributed by atoms with Gasteiger partial charge in [-0.3, -0.25) is 9.59 Å². The third kappa shape index (κ3) is 8.42. The molecule has 1 N–H and O–H groups in total. The summed E-state index contributed by atoms with van der Waals surface area (Å²) in [6.45, 7) is 5.26. The average molecular weight is 465 g/mol. The van der Waals surface area contributed by atoms with Crippen LogP contribution in [0.15, 0.2) is 48.5 Å². The molecule has 0 aliphatic carbocycles. The zero-order valence-corrected chi connectivity index (χ0v) is 19.6. The quantitative estimate of drug-likeness (QED) is 0.422. The second kappa shape index (κ2) is 13.2. The van der Waals surface area contributed by atoms with E-state index in [0.29, 0.717) is 54.8 Å². The molecule has 0 radical (unpaired) electrons. The number of nitrogens with one attached hydrogen (secondary N) is 1. The lowest BCUT2D eigenvalue weighted by molar-refractivity contribution is -0.141. The van der Waals surface area contributed by atoms with Gasteiger partial charge in [-0.05, 0) is 61.2 Å². The van der Waals surface area contributed by atoms with E-state index >= 15 is 0 Å². The van der Waals surface area contributed by atoms with Gasteiger partial charge in [0, 0.05) is 29.6 Å². The minimum Gasteiger partial charge on any atom is -0.494 e. The summed E-state index contributed by atoms with van der Waals surface area (Å²) in [5, 5.41) is 4.20. The Balaban J connectivity index is 2.02. The van der Waals surface area contributed by atoms with Crippen LogP contribution < -0.4 is 10.1 Å². The molecule has 0 aliphatic heterocycles. The van der Waals surface area contributed by atoms with Gasteiger partial charge < -0.3 is 15.0 Å². The molecule has 0 bridgehead atoms. The van der Waals surface area contributed by atoms with E-state index < -0.39 is 6.04 Å². The van der Waals surface area contributed by atoms with Gasteiger partial charge in [0.25, 0.3) is 0 Å². The summed E-state index contributed by atoms with van der Waals surface area (Å²) in [7, 11) is 0. The first kappa shape index (κ1) is 25.0. The summed E-state index contributed by atoms with van der Waals surface area (Å²) >= 11 is 11.9. The van der Waals surface area contributed by atoms with Gasteiger partial charge in [-0.25, -0.2) is 0 Å². The molecule has 168 valence electrons. The molecule has 0 saturated carbocycles. The van der Waals surface area contributed by atoms with Crippen molar-refractivity contribution in [3.8, 4) is 5.75 Å². The fourth-order valence-corrected chi connectivity index (χ4v) is 3.41. The number of benzene rings is 2. The van der Waals surface area contributed by atoms with Crippen LogP contribution in [0.5, 0.6) is 5.75 Å². The number of hydrogen-bond acceptors (Lipinski definition) is 3. The van der Waals surface area contributed by atoms with Crippen LogP contribution in [0.4, 0.5) is 0 Å². The van der Waals surface area contributed by atoms with Gasteiger partial charge in [0.2, 0.25) is 11.8 Å². The molecule has 31 heavy (non-hydrogen) atoms. The summed E-state index contributed by atoms with van der Waals surface area (Å²) in [5.74, 6) is 0.512. The van der Waals surface area contributed by atoms with Crippen molar-refractivity contribution < 1.29 is 14.3 Å². The zero-order valence-electron chi connectivity index (χ0n) is 18.1. The molecule has 0 spiro atoms. The maximum Gasteiger partial charge on any atom is 0.242 e. The molecular formula is C24H30Cl2N2O3. The minimum absolute atomic E-state index is 0.0758. The van der Waals surface area contributed by atoms with Gasteiger partial charge >= 0.3 is 0 Å². The van der Waals surface area contributed by atoms with Crippen molar-refractivity contribution in [2.45, 2.75) is 52.1 Å². The van der Waals surface area contributed by atoms with Crippen LogP contribution in [0, 0.1) is 0 Å². The first-order chi connectivity index (χ1) is 14.9. The number of rotatable bonds is 12. The molecule has 0 fully saturated rings. The van der Waals surface area contributed by atoms with E-state index in [-0.39, 0.29) is 11.8 Å². The monoisotopic (exact) mass is 464 g/mol. The molecule has 0 aromatic heterocycles. The number of ether oxygens (including phenoxy) is 1. The zero-order chi connectivity index (χ0) is 22.6. The Kier molecular flexibility index (Phi) is 10.7. The Hall–Kier alpha value is -2.24. The molecule has 2 aromatic rings. The Morgan fingerprint density at radius 2 is 1.61 bits per heavy atom. The van der Waals surface area contributed by atoms with Crippen molar-refractivity contribution in [2.75, 3.05) is 13.2 Å². The van der Waals surface area contributed by atoms with Crippen molar-refractivity contribution in [2.24, 2.45) is 0 Å². The van der Waals surface area contributed by atoms with E-state index in [1.165, 1.54) is 0 Å². The van der Waals surface area contributed by atoms with E-state index in [0.717, 1.165) is 12.0 Å². The van der Waals surface area contributed by atoms with Gasteiger partial charge in [0.05, 0.1) is 6.61 Å². The third-order valence-corrected chi connectivity index (χ3v) is 5.32.